The average Bonchev–Trinajstić information content (AvgIpc) is 2.68. The third-order valence-corrected chi connectivity index (χ3v) is 4.02. The van der Waals surface area contributed by atoms with Gasteiger partial charge in [-0.2, -0.15) is 0 Å². The molecular weight excluding hydrogens is 402 g/mol. The molecule has 0 heterocycles. The Bertz CT molecular complexity index is 895. The maximum atomic E-state index is 12.5. The van der Waals surface area contributed by atoms with Gasteiger partial charge in [-0.15, -0.1) is 0 Å². The van der Waals surface area contributed by atoms with Crippen molar-refractivity contribution >= 4 is 29.1 Å². The first-order chi connectivity index (χ1) is 14.2. The summed E-state index contributed by atoms with van der Waals surface area (Å²) in [5.41, 5.74) is 7.33. The number of para-hydroxylation sites is 1. The van der Waals surface area contributed by atoms with Crippen molar-refractivity contribution in [2.24, 2.45) is 5.92 Å². The van der Waals surface area contributed by atoms with E-state index < -0.39 is 11.8 Å². The summed E-state index contributed by atoms with van der Waals surface area (Å²) in [6.45, 7) is 8.24. The maximum absolute atomic E-state index is 12.5. The van der Waals surface area contributed by atoms with Gasteiger partial charge in [-0.3, -0.25) is 25.8 Å². The van der Waals surface area contributed by atoms with Gasteiger partial charge in [0.15, 0.2) is 11.7 Å². The molecule has 0 atom stereocenters. The monoisotopic (exact) mass is 429 g/mol. The van der Waals surface area contributed by atoms with E-state index in [1.807, 2.05) is 45.9 Å². The summed E-state index contributed by atoms with van der Waals surface area (Å²) in [7, 11) is 0. The number of nitrogens with one attached hydrogen (secondary N) is 3. The van der Waals surface area contributed by atoms with Gasteiger partial charge in [0.25, 0.3) is 11.8 Å². The molecule has 0 spiro atoms. The molecule has 0 aliphatic carbocycles. The number of carbonyl (C=O) groups is 2. The Labute approximate surface area is 182 Å². The van der Waals surface area contributed by atoms with Crippen molar-refractivity contribution in [1.29, 1.82) is 0 Å². The highest BCUT2D eigenvalue weighted by Gasteiger charge is 2.14. The zero-order valence-corrected chi connectivity index (χ0v) is 18.4. The molecule has 0 aliphatic heterocycles. The molecule has 0 aromatic heterocycles. The Balaban J connectivity index is 1.81. The van der Waals surface area contributed by atoms with Crippen LogP contribution >= 0.6 is 12.2 Å². The Morgan fingerprint density at radius 1 is 1.00 bits per heavy atom. The molecule has 0 aliphatic rings. The van der Waals surface area contributed by atoms with Crippen LogP contribution < -0.4 is 25.6 Å². The molecule has 0 fully saturated rings. The maximum Gasteiger partial charge on any atom is 0.276 e. The SMILES string of the molecule is Cc1cc(C)cc(OCC(=O)NNC(=S)NC(=O)c2ccccc2OCC(C)C)c1. The molecule has 2 aromatic rings. The third kappa shape index (κ3) is 7.71. The van der Waals surface area contributed by atoms with Crippen molar-refractivity contribution in [3.8, 4) is 11.5 Å². The Morgan fingerprint density at radius 3 is 2.33 bits per heavy atom. The van der Waals surface area contributed by atoms with Crippen LogP contribution in [0.3, 0.4) is 0 Å². The Morgan fingerprint density at radius 2 is 1.67 bits per heavy atom. The number of aryl methyl sites for hydroxylation is 2. The minimum atomic E-state index is -0.438. The number of carbonyl (C=O) groups excluding carboxylic acids is 2. The van der Waals surface area contributed by atoms with Crippen molar-refractivity contribution in [1.82, 2.24) is 16.2 Å². The number of hydrogen-bond acceptors (Lipinski definition) is 5. The lowest BCUT2D eigenvalue weighted by Crippen LogP contribution is -2.49. The molecular formula is C22H27N3O4S. The molecule has 0 unspecified atom stereocenters. The van der Waals surface area contributed by atoms with Crippen molar-refractivity contribution in [3.05, 3.63) is 59.2 Å². The largest absolute Gasteiger partial charge is 0.492 e. The van der Waals surface area contributed by atoms with Crippen molar-refractivity contribution in [2.45, 2.75) is 27.7 Å². The molecule has 30 heavy (non-hydrogen) atoms. The predicted molar refractivity (Wildman–Crippen MR) is 120 cm³/mol. The Kier molecular flexibility index (Phi) is 8.61. The first-order valence-corrected chi connectivity index (χ1v) is 9.98. The van der Waals surface area contributed by atoms with E-state index in [2.05, 4.69) is 16.2 Å². The van der Waals surface area contributed by atoms with Crippen molar-refractivity contribution in [2.75, 3.05) is 13.2 Å². The highest BCUT2D eigenvalue weighted by Crippen LogP contribution is 2.18. The summed E-state index contributed by atoms with van der Waals surface area (Å²) in [6, 6.07) is 12.6. The zero-order valence-electron chi connectivity index (χ0n) is 17.6. The van der Waals surface area contributed by atoms with Gasteiger partial charge < -0.3 is 9.47 Å². The second-order valence-corrected chi connectivity index (χ2v) is 7.68. The van der Waals surface area contributed by atoms with E-state index >= 15 is 0 Å². The highest BCUT2D eigenvalue weighted by atomic mass is 32.1. The number of benzene rings is 2. The fraction of sp³-hybridized carbons (Fsp3) is 0.318. The lowest BCUT2D eigenvalue weighted by atomic mass is 10.1. The molecule has 0 radical (unpaired) electrons. The van der Waals surface area contributed by atoms with Crippen LogP contribution in [0, 0.1) is 19.8 Å². The topological polar surface area (TPSA) is 88.7 Å². The van der Waals surface area contributed by atoms with Gasteiger partial charge in [0.2, 0.25) is 0 Å². The van der Waals surface area contributed by atoms with E-state index in [9.17, 15) is 9.59 Å². The molecule has 2 rings (SSSR count). The summed E-state index contributed by atoms with van der Waals surface area (Å²) in [6.07, 6.45) is 0. The first kappa shape index (κ1) is 23.2. The van der Waals surface area contributed by atoms with Gasteiger partial charge in [-0.25, -0.2) is 0 Å². The third-order valence-electron chi connectivity index (χ3n) is 3.81. The van der Waals surface area contributed by atoms with Crippen molar-refractivity contribution < 1.29 is 19.1 Å². The normalized spacial score (nSPS) is 10.3. The van der Waals surface area contributed by atoms with Gasteiger partial charge in [0, 0.05) is 0 Å². The minimum absolute atomic E-state index is 0.0431. The molecule has 2 amide bonds. The quantitative estimate of drug-likeness (QED) is 0.463. The standard InChI is InChI=1S/C22H27N3O4S/c1-14(2)12-29-19-8-6-5-7-18(19)21(27)23-22(30)25-24-20(26)13-28-17-10-15(3)9-16(4)11-17/h5-11,14H,12-13H2,1-4H3,(H,24,26)(H2,23,25,27,30). The second kappa shape index (κ2) is 11.2. The number of rotatable bonds is 7. The number of hydrazine groups is 1. The van der Waals surface area contributed by atoms with E-state index in [0.29, 0.717) is 29.6 Å². The molecule has 0 saturated heterocycles. The van der Waals surface area contributed by atoms with Crippen LogP contribution in [-0.4, -0.2) is 30.1 Å². The van der Waals surface area contributed by atoms with E-state index in [1.54, 1.807) is 24.3 Å². The van der Waals surface area contributed by atoms with Gasteiger partial charge in [0.05, 0.1) is 12.2 Å². The lowest BCUT2D eigenvalue weighted by Gasteiger charge is -2.14. The minimum Gasteiger partial charge on any atom is -0.492 e. The molecule has 7 nitrogen and oxygen atoms in total. The average molecular weight is 430 g/mol. The van der Waals surface area contributed by atoms with Crippen LogP contribution in [0.25, 0.3) is 0 Å². The fourth-order valence-electron chi connectivity index (χ4n) is 2.57. The van der Waals surface area contributed by atoms with Crippen LogP contribution in [0.15, 0.2) is 42.5 Å². The lowest BCUT2D eigenvalue weighted by molar-refractivity contribution is -0.123. The van der Waals surface area contributed by atoms with Crippen molar-refractivity contribution in [3.63, 3.8) is 0 Å². The molecule has 0 saturated carbocycles. The van der Waals surface area contributed by atoms with Gasteiger partial charge in [0.1, 0.15) is 11.5 Å². The van der Waals surface area contributed by atoms with Gasteiger partial charge >= 0.3 is 0 Å². The zero-order chi connectivity index (χ0) is 22.1. The van der Waals surface area contributed by atoms with Crippen LogP contribution in [0.5, 0.6) is 11.5 Å². The predicted octanol–water partition coefficient (Wildman–Crippen LogP) is 3.05. The number of ether oxygens (including phenoxy) is 2. The van der Waals surface area contributed by atoms with Crippen LogP contribution in [0.1, 0.15) is 35.3 Å². The summed E-state index contributed by atoms with van der Waals surface area (Å²) in [5, 5.41) is 2.47. The second-order valence-electron chi connectivity index (χ2n) is 7.27. The van der Waals surface area contributed by atoms with Crippen LogP contribution in [0.2, 0.25) is 0 Å². The fourth-order valence-corrected chi connectivity index (χ4v) is 2.71. The number of hydrogen-bond donors (Lipinski definition) is 3. The van der Waals surface area contributed by atoms with E-state index in [0.717, 1.165) is 11.1 Å². The summed E-state index contributed by atoms with van der Waals surface area (Å²) < 4.78 is 11.2. The highest BCUT2D eigenvalue weighted by molar-refractivity contribution is 7.80. The summed E-state index contributed by atoms with van der Waals surface area (Å²) in [5.74, 6) is 0.526. The molecule has 3 N–H and O–H groups in total. The number of thiocarbonyl (C=S) groups is 1. The van der Waals surface area contributed by atoms with E-state index in [4.69, 9.17) is 21.7 Å². The molecule has 8 heteroatoms. The molecule has 160 valence electrons. The summed E-state index contributed by atoms with van der Waals surface area (Å²) >= 11 is 5.07. The Hall–Kier alpha value is -3.13. The van der Waals surface area contributed by atoms with Gasteiger partial charge in [-0.05, 0) is 67.4 Å². The first-order valence-electron chi connectivity index (χ1n) is 9.57. The van der Waals surface area contributed by atoms with Gasteiger partial charge in [-0.1, -0.05) is 32.0 Å². The van der Waals surface area contributed by atoms with E-state index in [-0.39, 0.29) is 11.7 Å². The smallest absolute Gasteiger partial charge is 0.276 e. The van der Waals surface area contributed by atoms with Crippen LogP contribution in [0.4, 0.5) is 0 Å². The molecule has 0 bridgehead atoms. The number of amides is 2. The summed E-state index contributed by atoms with van der Waals surface area (Å²) in [4.78, 5) is 24.4. The molecule has 2 aromatic carbocycles. The van der Waals surface area contributed by atoms with E-state index in [1.165, 1.54) is 0 Å². The van der Waals surface area contributed by atoms with Crippen LogP contribution in [-0.2, 0) is 4.79 Å².